The van der Waals surface area contributed by atoms with Gasteiger partial charge in [-0.2, -0.15) is 9.39 Å². The van der Waals surface area contributed by atoms with Crippen molar-refractivity contribution in [2.75, 3.05) is 0 Å². The predicted octanol–water partition coefficient (Wildman–Crippen LogP) is 4.00. The fourth-order valence-corrected chi connectivity index (χ4v) is 5.02. The van der Waals surface area contributed by atoms with Gasteiger partial charge in [0.2, 0.25) is 20.2 Å². The first-order valence-electron chi connectivity index (χ1n) is 8.77. The molecule has 0 spiro atoms. The summed E-state index contributed by atoms with van der Waals surface area (Å²) in [4.78, 5) is 17.4. The standard InChI is InChI=1S/C19H15ClN4O4S2/c1-10(2)30(26,27)19-23-29-18-22-17(25)14(16(21)24(18)19)9-13-6-7-15(28-13)11-4-3-5-12(20)8-11/h3-10,21H,1-2H3/b14-9-,21-16?. The molecular weight excluding hydrogens is 448 g/mol. The van der Waals surface area contributed by atoms with Crippen LogP contribution in [0.5, 0.6) is 0 Å². The molecule has 2 aliphatic rings. The summed E-state index contributed by atoms with van der Waals surface area (Å²) in [6, 6.07) is 10.5. The predicted molar refractivity (Wildman–Crippen MR) is 118 cm³/mol. The zero-order valence-electron chi connectivity index (χ0n) is 15.8. The van der Waals surface area contributed by atoms with E-state index in [1.54, 1.807) is 30.3 Å². The number of carbonyl (C=O) groups is 1. The lowest BCUT2D eigenvalue weighted by molar-refractivity contribution is -0.114. The van der Waals surface area contributed by atoms with Gasteiger partial charge in [-0.15, -0.1) is 0 Å². The van der Waals surface area contributed by atoms with Crippen molar-refractivity contribution in [1.82, 2.24) is 4.90 Å². The minimum atomic E-state index is -3.77. The normalized spacial score (nSPS) is 18.1. The number of hydrogen-bond acceptors (Lipinski definition) is 7. The molecule has 8 nitrogen and oxygen atoms in total. The van der Waals surface area contributed by atoms with Crippen LogP contribution in [0.4, 0.5) is 0 Å². The second-order valence-electron chi connectivity index (χ2n) is 6.71. The van der Waals surface area contributed by atoms with E-state index in [0.717, 1.165) is 22.4 Å². The summed E-state index contributed by atoms with van der Waals surface area (Å²) in [7, 11) is -3.77. The number of nitrogens with one attached hydrogen (secondary N) is 1. The van der Waals surface area contributed by atoms with Crippen molar-refractivity contribution in [3.63, 3.8) is 0 Å². The first-order chi connectivity index (χ1) is 14.2. The number of benzene rings is 1. The minimum absolute atomic E-state index is 0.0421. The van der Waals surface area contributed by atoms with Gasteiger partial charge in [0.15, 0.2) is 0 Å². The molecule has 1 aromatic carbocycles. The molecule has 0 fully saturated rings. The van der Waals surface area contributed by atoms with Crippen LogP contribution in [0.2, 0.25) is 5.02 Å². The molecule has 30 heavy (non-hydrogen) atoms. The molecular formula is C19H15ClN4O4S2. The highest BCUT2D eigenvalue weighted by Crippen LogP contribution is 2.32. The fourth-order valence-electron chi connectivity index (χ4n) is 2.76. The van der Waals surface area contributed by atoms with Crippen molar-refractivity contribution in [3.8, 4) is 11.3 Å². The molecule has 1 amide bonds. The van der Waals surface area contributed by atoms with Crippen LogP contribution in [0.3, 0.4) is 0 Å². The number of amides is 1. The molecule has 2 aliphatic heterocycles. The van der Waals surface area contributed by atoms with Gasteiger partial charge in [-0.1, -0.05) is 23.7 Å². The molecule has 0 atom stereocenters. The molecule has 154 valence electrons. The van der Waals surface area contributed by atoms with Crippen LogP contribution in [-0.4, -0.2) is 40.6 Å². The molecule has 0 bridgehead atoms. The number of halogens is 1. The molecule has 0 unspecified atom stereocenters. The quantitative estimate of drug-likeness (QED) is 0.544. The zero-order chi connectivity index (χ0) is 21.6. The smallest absolute Gasteiger partial charge is 0.283 e. The van der Waals surface area contributed by atoms with Crippen molar-refractivity contribution in [1.29, 1.82) is 5.41 Å². The van der Waals surface area contributed by atoms with Crippen LogP contribution in [0.1, 0.15) is 19.6 Å². The van der Waals surface area contributed by atoms with Gasteiger partial charge in [0.1, 0.15) is 17.4 Å². The van der Waals surface area contributed by atoms with E-state index >= 15 is 0 Å². The van der Waals surface area contributed by atoms with E-state index in [0.29, 0.717) is 16.5 Å². The molecule has 2 aromatic rings. The number of nitrogens with zero attached hydrogens (tertiary/aromatic N) is 3. The Hall–Kier alpha value is -2.69. The van der Waals surface area contributed by atoms with E-state index in [4.69, 9.17) is 21.4 Å². The van der Waals surface area contributed by atoms with Crippen LogP contribution in [0, 0.1) is 5.41 Å². The van der Waals surface area contributed by atoms with E-state index < -0.39 is 21.0 Å². The Labute approximate surface area is 181 Å². The average Bonchev–Trinajstić information content (AvgIpc) is 3.32. The summed E-state index contributed by atoms with van der Waals surface area (Å²) < 4.78 is 34.9. The average molecular weight is 463 g/mol. The Kier molecular flexibility index (Phi) is 5.16. The van der Waals surface area contributed by atoms with E-state index in [9.17, 15) is 13.2 Å². The van der Waals surface area contributed by atoms with Crippen LogP contribution < -0.4 is 0 Å². The Morgan fingerprint density at radius 1 is 1.27 bits per heavy atom. The largest absolute Gasteiger partial charge is 0.457 e. The van der Waals surface area contributed by atoms with Gasteiger partial charge in [-0.05, 0) is 44.2 Å². The minimum Gasteiger partial charge on any atom is -0.457 e. The SMILES string of the molecule is CC(C)S(=O)(=O)C1=NSC2=NC(=O)/C(=C\c3ccc(-c4cccc(Cl)c4)o3)C(=N)N21. The van der Waals surface area contributed by atoms with Crippen LogP contribution >= 0.6 is 23.5 Å². The topological polar surface area (TPSA) is 116 Å². The number of amidine groups is 3. The Morgan fingerprint density at radius 2 is 2.03 bits per heavy atom. The Bertz CT molecular complexity index is 1270. The number of rotatable bonds is 3. The monoisotopic (exact) mass is 462 g/mol. The molecule has 4 rings (SSSR count). The van der Waals surface area contributed by atoms with Crippen LogP contribution in [-0.2, 0) is 14.6 Å². The molecule has 11 heteroatoms. The van der Waals surface area contributed by atoms with E-state index in [2.05, 4.69) is 9.39 Å². The van der Waals surface area contributed by atoms with Gasteiger partial charge < -0.3 is 4.42 Å². The van der Waals surface area contributed by atoms with Crippen molar-refractivity contribution < 1.29 is 17.6 Å². The van der Waals surface area contributed by atoms with E-state index in [1.807, 2.05) is 6.07 Å². The summed E-state index contributed by atoms with van der Waals surface area (Å²) in [5.41, 5.74) is 0.658. The number of hydrogen-bond donors (Lipinski definition) is 1. The zero-order valence-corrected chi connectivity index (χ0v) is 18.2. The maximum atomic E-state index is 12.6. The third-order valence-electron chi connectivity index (χ3n) is 4.39. The van der Waals surface area contributed by atoms with Gasteiger partial charge in [-0.25, -0.2) is 13.3 Å². The highest BCUT2D eigenvalue weighted by Gasteiger charge is 2.43. The molecule has 0 saturated heterocycles. The van der Waals surface area contributed by atoms with Gasteiger partial charge in [0, 0.05) is 10.6 Å². The number of carbonyl (C=O) groups excluding carboxylic acids is 1. The van der Waals surface area contributed by atoms with Crippen LogP contribution in [0.25, 0.3) is 17.4 Å². The maximum Gasteiger partial charge on any atom is 0.283 e. The van der Waals surface area contributed by atoms with E-state index in [1.165, 1.54) is 19.9 Å². The van der Waals surface area contributed by atoms with Crippen molar-refractivity contribution in [2.45, 2.75) is 19.1 Å². The lowest BCUT2D eigenvalue weighted by Crippen LogP contribution is -2.46. The summed E-state index contributed by atoms with van der Waals surface area (Å²) >= 11 is 6.77. The summed E-state index contributed by atoms with van der Waals surface area (Å²) in [5.74, 6) is -0.144. The number of sulfone groups is 1. The number of fused-ring (bicyclic) bond motifs is 1. The fraction of sp³-hybridized carbons (Fsp3) is 0.158. The van der Waals surface area contributed by atoms with Crippen molar-refractivity contribution in [2.24, 2.45) is 9.39 Å². The Balaban J connectivity index is 1.70. The summed E-state index contributed by atoms with van der Waals surface area (Å²) in [6.45, 7) is 3.04. The summed E-state index contributed by atoms with van der Waals surface area (Å²) in [5, 5.41) is 8.00. The second kappa shape index (κ2) is 7.53. The molecule has 1 N–H and O–H groups in total. The molecule has 1 aromatic heterocycles. The first-order valence-corrected chi connectivity index (χ1v) is 11.5. The first kappa shape index (κ1) is 20.6. The van der Waals surface area contributed by atoms with Crippen molar-refractivity contribution in [3.05, 3.63) is 52.8 Å². The van der Waals surface area contributed by atoms with Crippen LogP contribution in [0.15, 0.2) is 55.8 Å². The lowest BCUT2D eigenvalue weighted by Gasteiger charge is -2.25. The van der Waals surface area contributed by atoms with Gasteiger partial charge in [0.25, 0.3) is 5.91 Å². The Morgan fingerprint density at radius 3 is 2.73 bits per heavy atom. The van der Waals surface area contributed by atoms with Gasteiger partial charge in [-0.3, -0.25) is 10.2 Å². The number of aliphatic imine (C=N–C) groups is 1. The van der Waals surface area contributed by atoms with Gasteiger partial charge in [0.05, 0.1) is 22.8 Å². The molecule has 0 radical (unpaired) electrons. The molecule has 0 saturated carbocycles. The third-order valence-corrected chi connectivity index (χ3v) is 7.47. The molecule has 3 heterocycles. The third kappa shape index (κ3) is 3.51. The lowest BCUT2D eigenvalue weighted by atomic mass is 10.1. The second-order valence-corrected chi connectivity index (χ2v) is 10.3. The highest BCUT2D eigenvalue weighted by molar-refractivity contribution is 8.16. The van der Waals surface area contributed by atoms with E-state index in [-0.39, 0.29) is 21.7 Å². The number of furan rings is 1. The maximum absolute atomic E-state index is 12.6. The van der Waals surface area contributed by atoms with Crippen molar-refractivity contribution >= 4 is 61.5 Å². The summed E-state index contributed by atoms with van der Waals surface area (Å²) in [6.07, 6.45) is 1.36. The highest BCUT2D eigenvalue weighted by atomic mass is 35.5. The van der Waals surface area contributed by atoms with Gasteiger partial charge >= 0.3 is 0 Å². The molecule has 0 aliphatic carbocycles.